The number of carbonyl (C=O) groups excluding carboxylic acids is 1. The molecule has 4 rings (SSSR count). The van der Waals surface area contributed by atoms with Crippen LogP contribution in [0.3, 0.4) is 0 Å². The molecule has 29 heavy (non-hydrogen) atoms. The van der Waals surface area contributed by atoms with Crippen LogP contribution in [0.1, 0.15) is 26.5 Å². The summed E-state index contributed by atoms with van der Waals surface area (Å²) < 4.78 is 3.27. The number of rotatable bonds is 3. The van der Waals surface area contributed by atoms with E-state index in [4.69, 9.17) is 4.98 Å². The van der Waals surface area contributed by atoms with Gasteiger partial charge in [-0.05, 0) is 18.2 Å². The number of hydrogen-bond acceptors (Lipinski definition) is 5. The van der Waals surface area contributed by atoms with Gasteiger partial charge in [0.1, 0.15) is 12.2 Å². The van der Waals surface area contributed by atoms with Crippen molar-refractivity contribution in [2.24, 2.45) is 0 Å². The van der Waals surface area contributed by atoms with E-state index in [1.807, 2.05) is 6.07 Å². The number of hydrogen-bond donors (Lipinski definition) is 0. The molecule has 0 bridgehead atoms. The highest BCUT2D eigenvalue weighted by molar-refractivity contribution is 5.76. The Labute approximate surface area is 169 Å². The number of nitrogens with zero attached hydrogens (tertiary/aromatic N) is 6. The SMILES string of the molecule is CC(C)(C)c1cn2cc(N3CCN(C(=O)Cn4ncccc4=O)CC3)ccc2n1. The number of carbonyl (C=O) groups is 1. The fraction of sp³-hybridized carbons (Fsp3) is 0.429. The van der Waals surface area contributed by atoms with E-state index in [1.54, 1.807) is 11.0 Å². The first-order valence-electron chi connectivity index (χ1n) is 9.85. The van der Waals surface area contributed by atoms with Crippen LogP contribution in [0.2, 0.25) is 0 Å². The maximum Gasteiger partial charge on any atom is 0.267 e. The molecular formula is C21H26N6O2. The van der Waals surface area contributed by atoms with Crippen molar-refractivity contribution in [2.75, 3.05) is 31.1 Å². The van der Waals surface area contributed by atoms with E-state index in [2.05, 4.69) is 53.6 Å². The van der Waals surface area contributed by atoms with Gasteiger partial charge in [-0.25, -0.2) is 9.67 Å². The van der Waals surface area contributed by atoms with E-state index >= 15 is 0 Å². The van der Waals surface area contributed by atoms with Crippen molar-refractivity contribution in [3.05, 3.63) is 58.9 Å². The van der Waals surface area contributed by atoms with Gasteiger partial charge >= 0.3 is 0 Å². The summed E-state index contributed by atoms with van der Waals surface area (Å²) in [7, 11) is 0. The Bertz CT molecular complexity index is 1090. The second-order valence-corrected chi connectivity index (χ2v) is 8.42. The average molecular weight is 394 g/mol. The Hall–Kier alpha value is -3.16. The minimum atomic E-state index is -0.261. The summed E-state index contributed by atoms with van der Waals surface area (Å²) in [5.74, 6) is -0.0784. The standard InChI is InChI=1S/C21H26N6O2/c1-21(2,3)17-14-26-13-16(6-7-18(26)23-17)24-9-11-25(12-10-24)20(29)15-27-19(28)5-4-8-22-27/h4-8,13-14H,9-12,15H2,1-3H3. The molecule has 4 heterocycles. The van der Waals surface area contributed by atoms with Crippen LogP contribution in [0.25, 0.3) is 5.65 Å². The molecule has 0 radical (unpaired) electrons. The van der Waals surface area contributed by atoms with Gasteiger partial charge in [-0.15, -0.1) is 0 Å². The van der Waals surface area contributed by atoms with Crippen LogP contribution < -0.4 is 10.5 Å². The van der Waals surface area contributed by atoms with Crippen molar-refractivity contribution in [1.29, 1.82) is 0 Å². The van der Waals surface area contributed by atoms with E-state index in [9.17, 15) is 9.59 Å². The van der Waals surface area contributed by atoms with Gasteiger partial charge in [0, 0.05) is 56.3 Å². The van der Waals surface area contributed by atoms with Crippen molar-refractivity contribution in [1.82, 2.24) is 24.1 Å². The lowest BCUT2D eigenvalue weighted by Crippen LogP contribution is -2.50. The van der Waals surface area contributed by atoms with Crippen LogP contribution in [0, 0.1) is 0 Å². The summed E-state index contributed by atoms with van der Waals surface area (Å²) in [6.45, 7) is 9.19. The monoisotopic (exact) mass is 394 g/mol. The lowest BCUT2D eigenvalue weighted by molar-refractivity contribution is -0.132. The van der Waals surface area contributed by atoms with Crippen molar-refractivity contribution >= 4 is 17.2 Å². The molecular weight excluding hydrogens is 368 g/mol. The molecule has 3 aromatic heterocycles. The summed E-state index contributed by atoms with van der Waals surface area (Å²) in [4.78, 5) is 33.1. The molecule has 0 saturated carbocycles. The minimum absolute atomic E-state index is 0.00769. The maximum absolute atomic E-state index is 12.5. The highest BCUT2D eigenvalue weighted by Gasteiger charge is 2.23. The third-order valence-electron chi connectivity index (χ3n) is 5.27. The number of fused-ring (bicyclic) bond motifs is 1. The van der Waals surface area contributed by atoms with Crippen molar-refractivity contribution in [3.8, 4) is 0 Å². The smallest absolute Gasteiger partial charge is 0.267 e. The van der Waals surface area contributed by atoms with Crippen LogP contribution >= 0.6 is 0 Å². The maximum atomic E-state index is 12.5. The Kier molecular flexibility index (Phi) is 4.86. The molecule has 0 aliphatic carbocycles. The number of anilines is 1. The third-order valence-corrected chi connectivity index (χ3v) is 5.27. The third kappa shape index (κ3) is 4.01. The molecule has 8 heteroatoms. The zero-order valence-electron chi connectivity index (χ0n) is 17.1. The van der Waals surface area contributed by atoms with Gasteiger partial charge < -0.3 is 14.2 Å². The number of piperazine rings is 1. The summed E-state index contributed by atoms with van der Waals surface area (Å²) >= 11 is 0. The molecule has 0 aromatic carbocycles. The lowest BCUT2D eigenvalue weighted by Gasteiger charge is -2.36. The van der Waals surface area contributed by atoms with Gasteiger partial charge in [0.25, 0.3) is 5.56 Å². The van der Waals surface area contributed by atoms with Crippen LogP contribution in [-0.4, -0.2) is 56.2 Å². The molecule has 1 aliphatic rings. The molecule has 0 N–H and O–H groups in total. The molecule has 1 aliphatic heterocycles. The molecule has 0 spiro atoms. The second-order valence-electron chi connectivity index (χ2n) is 8.42. The molecule has 152 valence electrons. The largest absolute Gasteiger partial charge is 0.367 e. The molecule has 0 atom stereocenters. The first-order chi connectivity index (χ1) is 13.8. The molecule has 0 unspecified atom stereocenters. The first-order valence-corrected chi connectivity index (χ1v) is 9.85. The van der Waals surface area contributed by atoms with Crippen LogP contribution in [0.5, 0.6) is 0 Å². The number of imidazole rings is 1. The Morgan fingerprint density at radius 2 is 1.83 bits per heavy atom. The fourth-order valence-corrected chi connectivity index (χ4v) is 3.48. The van der Waals surface area contributed by atoms with E-state index < -0.39 is 0 Å². The summed E-state index contributed by atoms with van der Waals surface area (Å²) in [5.41, 5.74) is 2.86. The highest BCUT2D eigenvalue weighted by atomic mass is 16.2. The average Bonchev–Trinajstić information content (AvgIpc) is 3.14. The fourth-order valence-electron chi connectivity index (χ4n) is 3.48. The normalized spacial score (nSPS) is 15.1. The topological polar surface area (TPSA) is 75.7 Å². The predicted octanol–water partition coefficient (Wildman–Crippen LogP) is 1.54. The van der Waals surface area contributed by atoms with Crippen LogP contribution in [0.4, 0.5) is 5.69 Å². The van der Waals surface area contributed by atoms with Crippen molar-refractivity contribution < 1.29 is 4.79 Å². The van der Waals surface area contributed by atoms with E-state index in [-0.39, 0.29) is 23.4 Å². The van der Waals surface area contributed by atoms with Gasteiger partial charge in [0.15, 0.2) is 0 Å². The van der Waals surface area contributed by atoms with Crippen LogP contribution in [0.15, 0.2) is 47.7 Å². The Morgan fingerprint density at radius 3 is 2.52 bits per heavy atom. The first kappa shape index (κ1) is 19.2. The zero-order valence-corrected chi connectivity index (χ0v) is 17.1. The van der Waals surface area contributed by atoms with E-state index in [0.717, 1.165) is 30.1 Å². The highest BCUT2D eigenvalue weighted by Crippen LogP contribution is 2.24. The number of amides is 1. The molecule has 1 fully saturated rings. The summed E-state index contributed by atoms with van der Waals surface area (Å²) in [5, 5.41) is 3.96. The van der Waals surface area contributed by atoms with Crippen molar-refractivity contribution in [3.63, 3.8) is 0 Å². The summed E-state index contributed by atoms with van der Waals surface area (Å²) in [6.07, 6.45) is 5.70. The van der Waals surface area contributed by atoms with Crippen LogP contribution in [-0.2, 0) is 16.8 Å². The summed E-state index contributed by atoms with van der Waals surface area (Å²) in [6, 6.07) is 7.11. The number of aromatic nitrogens is 4. The van der Waals surface area contributed by atoms with Crippen molar-refractivity contribution in [2.45, 2.75) is 32.7 Å². The predicted molar refractivity (Wildman–Crippen MR) is 111 cm³/mol. The minimum Gasteiger partial charge on any atom is -0.367 e. The second kappa shape index (κ2) is 7.35. The number of pyridine rings is 1. The van der Waals surface area contributed by atoms with Gasteiger partial charge in [0.2, 0.25) is 5.91 Å². The lowest BCUT2D eigenvalue weighted by atomic mass is 9.93. The van der Waals surface area contributed by atoms with E-state index in [0.29, 0.717) is 13.1 Å². The zero-order chi connectivity index (χ0) is 20.6. The van der Waals surface area contributed by atoms with Gasteiger partial charge in [-0.2, -0.15) is 5.10 Å². The molecule has 8 nitrogen and oxygen atoms in total. The Balaban J connectivity index is 1.42. The van der Waals surface area contributed by atoms with E-state index in [1.165, 1.54) is 16.9 Å². The van der Waals surface area contributed by atoms with Gasteiger partial charge in [-0.1, -0.05) is 20.8 Å². The molecule has 1 saturated heterocycles. The molecule has 1 amide bonds. The van der Waals surface area contributed by atoms with Gasteiger partial charge in [-0.3, -0.25) is 9.59 Å². The Morgan fingerprint density at radius 1 is 1.07 bits per heavy atom. The molecule has 3 aromatic rings. The quantitative estimate of drug-likeness (QED) is 0.674. The van der Waals surface area contributed by atoms with Gasteiger partial charge in [0.05, 0.1) is 11.4 Å².